The molecule has 3 nitrogen and oxygen atoms in total. The molecular weight excluding hydrogens is 898 g/mol. The Morgan fingerprint density at radius 2 is 0.890 bits per heavy atom. The summed E-state index contributed by atoms with van der Waals surface area (Å²) in [6.07, 6.45) is 4.81. The molecule has 0 saturated heterocycles. The first-order chi connectivity index (χ1) is 34.9. The van der Waals surface area contributed by atoms with Crippen LogP contribution in [-0.2, 0) is 21.7 Å². The molecule has 0 N–H and O–H groups in total. The van der Waals surface area contributed by atoms with Gasteiger partial charge in [0.2, 0.25) is 0 Å². The van der Waals surface area contributed by atoms with Crippen molar-refractivity contribution in [3.8, 4) is 0 Å². The number of fused-ring (bicyclic) bond motifs is 3. The summed E-state index contributed by atoms with van der Waals surface area (Å²) in [5, 5.41) is 5.82. The van der Waals surface area contributed by atoms with Crippen molar-refractivity contribution in [2.24, 2.45) is 0 Å². The van der Waals surface area contributed by atoms with Crippen molar-refractivity contribution >= 4 is 97.4 Å². The lowest BCUT2D eigenvalue weighted by Gasteiger charge is -2.53. The summed E-state index contributed by atoms with van der Waals surface area (Å²) < 4.78 is 0. The Morgan fingerprint density at radius 3 is 1.42 bits per heavy atom. The van der Waals surface area contributed by atoms with E-state index in [9.17, 15) is 0 Å². The molecule has 0 spiro atoms. The van der Waals surface area contributed by atoms with Crippen LogP contribution in [0.3, 0.4) is 0 Å². The van der Waals surface area contributed by atoms with Crippen LogP contribution in [0.25, 0.3) is 0 Å². The fraction of sp³-hybridized carbons (Fsp3) is 0.294. The maximum absolute atomic E-state index is 3.00. The van der Waals surface area contributed by atoms with E-state index in [2.05, 4.69) is 267 Å². The first-order valence-corrected chi connectivity index (χ1v) is 29.2. The van der Waals surface area contributed by atoms with Gasteiger partial charge in [-0.15, -0.1) is 0 Å². The third kappa shape index (κ3) is 6.43. The average Bonchev–Trinajstić information content (AvgIpc) is 3.59. The minimum absolute atomic E-state index is 0.00892. The quantitative estimate of drug-likeness (QED) is 0.159. The molecule has 5 heteroatoms. The number of rotatable bonds is 5. The Labute approximate surface area is 437 Å². The summed E-state index contributed by atoms with van der Waals surface area (Å²) >= 11 is 0. The van der Waals surface area contributed by atoms with Crippen LogP contribution in [0.4, 0.5) is 45.5 Å². The fourth-order valence-electron chi connectivity index (χ4n) is 14.5. The van der Waals surface area contributed by atoms with E-state index < -0.39 is 8.07 Å². The smallest absolute Gasteiger partial charge is 0.251 e. The second-order valence-corrected chi connectivity index (χ2v) is 29.4. The average molecular weight is 968 g/mol. The minimum Gasteiger partial charge on any atom is -0.334 e. The molecule has 73 heavy (non-hydrogen) atoms. The highest BCUT2D eigenvalue weighted by Gasteiger charge is 2.60. The standard InChI is InChI=1S/C68H70BN3Si/c1-64(2,3)45-34-36-48(37-35-45)70-55-30-22-32-59-62(55)69-61-57(70)43-50(72-54-29-19-18-28-53(54)67(10)38-20-21-39-68(67,72)11)44-58(61)71(49-41-46(65(4,5)6)40-47(42-49)66(7,8)9)56-31-23-33-60(63(56)69)73(59,51-24-14-12-15-25-51)52-26-16-13-17-27-52/h12-19,22-37,40-44H,20-21,38-39H2,1-11H3. The maximum atomic E-state index is 2.81. The second-order valence-electron chi connectivity index (χ2n) is 25.7. The number of benzene rings is 8. The number of anilines is 8. The van der Waals surface area contributed by atoms with Crippen LogP contribution in [0.5, 0.6) is 0 Å². The van der Waals surface area contributed by atoms with Gasteiger partial charge in [-0.05, 0) is 150 Å². The van der Waals surface area contributed by atoms with E-state index in [4.69, 9.17) is 0 Å². The molecule has 13 rings (SSSR count). The SMILES string of the molecule is CC(C)(C)c1ccc(N2c3cc(N4c5ccccc5C5(C)CCCCC45C)cc4c3B3c5c2cccc5[Si](c2ccccc2)(c2ccccc2)c2cccc(c23)N4c2cc(C(C)(C)C)cc(C(C)(C)C)c2)cc1. The van der Waals surface area contributed by atoms with Gasteiger partial charge in [0.15, 0.2) is 8.07 Å². The van der Waals surface area contributed by atoms with Gasteiger partial charge in [0, 0.05) is 50.9 Å². The molecule has 1 aliphatic carbocycles. The van der Waals surface area contributed by atoms with E-state index in [1.54, 1.807) is 0 Å². The molecule has 2 unspecified atom stereocenters. The topological polar surface area (TPSA) is 9.72 Å². The Bertz CT molecular complexity index is 3450. The van der Waals surface area contributed by atoms with Crippen molar-refractivity contribution in [3.05, 3.63) is 198 Å². The molecule has 0 bridgehead atoms. The van der Waals surface area contributed by atoms with E-state index in [1.165, 1.54) is 124 Å². The molecule has 1 saturated carbocycles. The van der Waals surface area contributed by atoms with Gasteiger partial charge in [-0.25, -0.2) is 0 Å². The lowest BCUT2D eigenvalue weighted by atomic mass is 9.33. The highest BCUT2D eigenvalue weighted by molar-refractivity contribution is 7.27. The molecule has 8 aromatic carbocycles. The Balaban J connectivity index is 1.21. The minimum atomic E-state index is -3.00. The Kier molecular flexibility index (Phi) is 9.96. The van der Waals surface area contributed by atoms with Crippen LogP contribution in [-0.4, -0.2) is 20.3 Å². The summed E-state index contributed by atoms with van der Waals surface area (Å²) in [5.41, 5.74) is 19.8. The number of para-hydroxylation sites is 1. The van der Waals surface area contributed by atoms with Crippen LogP contribution in [0.1, 0.15) is 124 Å². The summed E-state index contributed by atoms with van der Waals surface area (Å²) in [7, 11) is -3.00. The van der Waals surface area contributed by atoms with Gasteiger partial charge < -0.3 is 14.7 Å². The van der Waals surface area contributed by atoms with Crippen LogP contribution in [0.15, 0.2) is 176 Å². The second kappa shape index (κ2) is 15.7. The number of hydrogen-bond donors (Lipinski definition) is 0. The van der Waals surface area contributed by atoms with Crippen molar-refractivity contribution in [2.45, 2.75) is 129 Å². The monoisotopic (exact) mass is 968 g/mol. The molecule has 0 amide bonds. The van der Waals surface area contributed by atoms with Crippen molar-refractivity contribution in [3.63, 3.8) is 0 Å². The van der Waals surface area contributed by atoms with Crippen molar-refractivity contribution in [1.82, 2.24) is 0 Å². The molecule has 4 heterocycles. The van der Waals surface area contributed by atoms with Gasteiger partial charge in [0.25, 0.3) is 6.71 Å². The van der Waals surface area contributed by atoms with Crippen molar-refractivity contribution < 1.29 is 0 Å². The first kappa shape index (κ1) is 46.2. The normalized spacial score (nSPS) is 20.2. The predicted molar refractivity (Wildman–Crippen MR) is 317 cm³/mol. The van der Waals surface area contributed by atoms with Crippen LogP contribution >= 0.6 is 0 Å². The molecular formula is C68H70BN3Si. The predicted octanol–water partition coefficient (Wildman–Crippen LogP) is 13.1. The Hall–Kier alpha value is -6.56. The van der Waals surface area contributed by atoms with Crippen LogP contribution in [0.2, 0.25) is 0 Å². The maximum Gasteiger partial charge on any atom is 0.251 e. The number of hydrogen-bond acceptors (Lipinski definition) is 3. The third-order valence-corrected chi connectivity index (χ3v) is 23.4. The van der Waals surface area contributed by atoms with Crippen LogP contribution in [0, 0.1) is 0 Å². The highest BCUT2D eigenvalue weighted by Crippen LogP contribution is 2.62. The Morgan fingerprint density at radius 1 is 0.411 bits per heavy atom. The van der Waals surface area contributed by atoms with Crippen LogP contribution < -0.4 is 51.8 Å². The summed E-state index contributed by atoms with van der Waals surface area (Å²) in [5.74, 6) is 0. The van der Waals surface area contributed by atoms with Gasteiger partial charge in [-0.1, -0.05) is 203 Å². The van der Waals surface area contributed by atoms with E-state index in [0.717, 1.165) is 6.42 Å². The zero-order valence-electron chi connectivity index (χ0n) is 45.0. The van der Waals surface area contributed by atoms with Crippen molar-refractivity contribution in [1.29, 1.82) is 0 Å². The number of nitrogens with zero attached hydrogens (tertiary/aromatic N) is 3. The lowest BCUT2D eigenvalue weighted by Crippen LogP contribution is -2.88. The molecule has 0 radical (unpaired) electrons. The zero-order chi connectivity index (χ0) is 50.6. The molecule has 8 aromatic rings. The molecule has 2 atom stereocenters. The molecule has 364 valence electrons. The van der Waals surface area contributed by atoms with Gasteiger partial charge in [0.05, 0.1) is 5.54 Å². The first-order valence-electron chi connectivity index (χ1n) is 27.2. The van der Waals surface area contributed by atoms with Crippen molar-refractivity contribution in [2.75, 3.05) is 14.7 Å². The van der Waals surface area contributed by atoms with Gasteiger partial charge in [-0.2, -0.15) is 0 Å². The van der Waals surface area contributed by atoms with Gasteiger partial charge >= 0.3 is 0 Å². The molecule has 0 aromatic heterocycles. The molecule has 4 aliphatic heterocycles. The summed E-state index contributed by atoms with van der Waals surface area (Å²) in [4.78, 5) is 8.24. The third-order valence-electron chi connectivity index (χ3n) is 18.5. The largest absolute Gasteiger partial charge is 0.334 e. The molecule has 5 aliphatic rings. The zero-order valence-corrected chi connectivity index (χ0v) is 46.0. The van der Waals surface area contributed by atoms with Gasteiger partial charge in [0.1, 0.15) is 0 Å². The van der Waals surface area contributed by atoms with E-state index in [-0.39, 0.29) is 33.9 Å². The van der Waals surface area contributed by atoms with E-state index in [0.29, 0.717) is 0 Å². The molecule has 1 fully saturated rings. The van der Waals surface area contributed by atoms with Gasteiger partial charge in [-0.3, -0.25) is 0 Å². The highest BCUT2D eigenvalue weighted by atomic mass is 28.3. The summed E-state index contributed by atoms with van der Waals surface area (Å²) in [6.45, 7) is 26.4. The van der Waals surface area contributed by atoms with E-state index >= 15 is 0 Å². The summed E-state index contributed by atoms with van der Waals surface area (Å²) in [6, 6.07) is 69.8. The lowest BCUT2D eigenvalue weighted by molar-refractivity contribution is 0.195. The fourth-order valence-corrected chi connectivity index (χ4v) is 19.8. The van der Waals surface area contributed by atoms with E-state index in [1.807, 2.05) is 0 Å².